The molecule has 0 atom stereocenters. The minimum Gasteiger partial charge on any atom is -0.322 e. The predicted molar refractivity (Wildman–Crippen MR) is 133 cm³/mol. The average Bonchev–Trinajstić information content (AvgIpc) is 3.14. The smallest absolute Gasteiger partial charge is 0.322 e. The standard InChI is InChI=1S/C26H25ClF3N3S/c1-2-11-34-22-9-10-23-24(14-22)33(17-19-6-4-8-21(27)13-19)25(32-23)16-31-15-18-5-3-7-20(12-18)26(28,29)30/h3-10,12-14,31H,2,11,15-17H2,1H3. The zero-order valence-corrected chi connectivity index (χ0v) is 20.3. The van der Waals surface area contributed by atoms with Gasteiger partial charge in [0.15, 0.2) is 0 Å². The van der Waals surface area contributed by atoms with Gasteiger partial charge in [0.25, 0.3) is 0 Å². The Labute approximate surface area is 206 Å². The van der Waals surface area contributed by atoms with Gasteiger partial charge in [-0.15, -0.1) is 11.8 Å². The number of benzene rings is 3. The van der Waals surface area contributed by atoms with E-state index in [-0.39, 0.29) is 0 Å². The van der Waals surface area contributed by atoms with E-state index in [1.165, 1.54) is 17.0 Å². The maximum atomic E-state index is 13.0. The Hall–Kier alpha value is -2.48. The molecular weight excluding hydrogens is 479 g/mol. The first kappa shape index (κ1) is 24.6. The molecule has 0 aliphatic heterocycles. The number of aromatic nitrogens is 2. The predicted octanol–water partition coefficient (Wildman–Crippen LogP) is 7.55. The van der Waals surface area contributed by atoms with Gasteiger partial charge in [0.2, 0.25) is 0 Å². The Morgan fingerprint density at radius 2 is 1.76 bits per heavy atom. The lowest BCUT2D eigenvalue weighted by molar-refractivity contribution is -0.137. The molecule has 0 amide bonds. The number of nitrogens with one attached hydrogen (secondary N) is 1. The van der Waals surface area contributed by atoms with Crippen molar-refractivity contribution < 1.29 is 13.2 Å². The van der Waals surface area contributed by atoms with Crippen molar-refractivity contribution in [3.8, 4) is 0 Å². The molecule has 34 heavy (non-hydrogen) atoms. The maximum absolute atomic E-state index is 13.0. The lowest BCUT2D eigenvalue weighted by Gasteiger charge is -2.12. The summed E-state index contributed by atoms with van der Waals surface area (Å²) in [5.74, 6) is 1.86. The minimum atomic E-state index is -4.35. The van der Waals surface area contributed by atoms with Crippen LogP contribution >= 0.6 is 23.4 Å². The number of halogens is 4. The van der Waals surface area contributed by atoms with Gasteiger partial charge in [0.1, 0.15) is 5.82 Å². The SMILES string of the molecule is CCCSc1ccc2nc(CNCc3cccc(C(F)(F)F)c3)n(Cc3cccc(Cl)c3)c2c1. The second-order valence-electron chi connectivity index (χ2n) is 8.04. The van der Waals surface area contributed by atoms with Crippen LogP contribution in [0.1, 0.15) is 35.9 Å². The molecule has 1 aromatic heterocycles. The van der Waals surface area contributed by atoms with Crippen LogP contribution in [-0.2, 0) is 25.8 Å². The third-order valence-corrected chi connectivity index (χ3v) is 6.80. The number of imidazole rings is 1. The lowest BCUT2D eigenvalue weighted by atomic mass is 10.1. The van der Waals surface area contributed by atoms with Gasteiger partial charge >= 0.3 is 6.18 Å². The van der Waals surface area contributed by atoms with Gasteiger partial charge in [-0.3, -0.25) is 0 Å². The molecule has 1 heterocycles. The van der Waals surface area contributed by atoms with E-state index in [1.807, 2.05) is 42.1 Å². The highest BCUT2D eigenvalue weighted by molar-refractivity contribution is 7.99. The molecule has 4 aromatic rings. The van der Waals surface area contributed by atoms with Gasteiger partial charge < -0.3 is 9.88 Å². The molecule has 4 rings (SSSR count). The molecule has 0 bridgehead atoms. The first-order valence-electron chi connectivity index (χ1n) is 11.1. The molecule has 0 saturated heterocycles. The first-order chi connectivity index (χ1) is 16.3. The van der Waals surface area contributed by atoms with E-state index < -0.39 is 11.7 Å². The molecule has 0 saturated carbocycles. The number of fused-ring (bicyclic) bond motifs is 1. The van der Waals surface area contributed by atoms with Gasteiger partial charge in [0, 0.05) is 23.0 Å². The number of nitrogens with zero attached hydrogens (tertiary/aromatic N) is 2. The van der Waals surface area contributed by atoms with Crippen LogP contribution in [0.3, 0.4) is 0 Å². The molecule has 0 fully saturated rings. The number of rotatable bonds is 9. The summed E-state index contributed by atoms with van der Waals surface area (Å²) in [5, 5.41) is 3.93. The molecular formula is C26H25ClF3N3S. The van der Waals surface area contributed by atoms with Gasteiger partial charge in [-0.2, -0.15) is 13.2 Å². The summed E-state index contributed by atoms with van der Waals surface area (Å²) in [4.78, 5) is 6.00. The first-order valence-corrected chi connectivity index (χ1v) is 12.4. The van der Waals surface area contributed by atoms with Crippen LogP contribution in [0.4, 0.5) is 13.2 Å². The van der Waals surface area contributed by atoms with Crippen LogP contribution in [0.5, 0.6) is 0 Å². The molecule has 178 valence electrons. The molecule has 0 radical (unpaired) electrons. The highest BCUT2D eigenvalue weighted by atomic mass is 35.5. The Balaban J connectivity index is 1.59. The van der Waals surface area contributed by atoms with Crippen LogP contribution < -0.4 is 5.32 Å². The third kappa shape index (κ3) is 6.14. The van der Waals surface area contributed by atoms with E-state index in [4.69, 9.17) is 16.6 Å². The van der Waals surface area contributed by atoms with Crippen LogP contribution in [0.2, 0.25) is 5.02 Å². The van der Waals surface area contributed by atoms with Crippen LogP contribution in [0.15, 0.2) is 71.6 Å². The summed E-state index contributed by atoms with van der Waals surface area (Å²) in [6.07, 6.45) is -3.26. The van der Waals surface area contributed by atoms with Crippen molar-refractivity contribution in [2.24, 2.45) is 0 Å². The number of thioether (sulfide) groups is 1. The average molecular weight is 504 g/mol. The van der Waals surface area contributed by atoms with Gasteiger partial charge in [-0.05, 0) is 59.7 Å². The van der Waals surface area contributed by atoms with Crippen molar-refractivity contribution in [3.05, 3.63) is 94.3 Å². The molecule has 3 aromatic carbocycles. The lowest BCUT2D eigenvalue weighted by Crippen LogP contribution is -2.17. The normalized spacial score (nSPS) is 11.9. The number of hydrogen-bond donors (Lipinski definition) is 1. The second-order valence-corrected chi connectivity index (χ2v) is 9.65. The summed E-state index contributed by atoms with van der Waals surface area (Å²) in [6.45, 7) is 3.48. The van der Waals surface area contributed by atoms with Crippen molar-refractivity contribution in [3.63, 3.8) is 0 Å². The van der Waals surface area contributed by atoms with Crippen molar-refractivity contribution in [1.29, 1.82) is 0 Å². The Morgan fingerprint density at radius 1 is 0.971 bits per heavy atom. The van der Waals surface area contributed by atoms with E-state index >= 15 is 0 Å². The van der Waals surface area contributed by atoms with Crippen molar-refractivity contribution >= 4 is 34.4 Å². The van der Waals surface area contributed by atoms with Crippen LogP contribution in [0, 0.1) is 0 Å². The summed E-state index contributed by atoms with van der Waals surface area (Å²) in [5.41, 5.74) is 2.90. The molecule has 0 aliphatic rings. The maximum Gasteiger partial charge on any atom is 0.416 e. The van der Waals surface area contributed by atoms with E-state index in [0.29, 0.717) is 30.2 Å². The van der Waals surface area contributed by atoms with Gasteiger partial charge in [-0.1, -0.05) is 48.9 Å². The molecule has 1 N–H and O–H groups in total. The zero-order valence-electron chi connectivity index (χ0n) is 18.7. The Kier molecular flexibility index (Phi) is 7.86. The van der Waals surface area contributed by atoms with E-state index in [2.05, 4.69) is 28.9 Å². The van der Waals surface area contributed by atoms with Gasteiger partial charge in [-0.25, -0.2) is 4.98 Å². The fraction of sp³-hybridized carbons (Fsp3) is 0.269. The van der Waals surface area contributed by atoms with Gasteiger partial charge in [0.05, 0.1) is 23.1 Å². The highest BCUT2D eigenvalue weighted by Crippen LogP contribution is 2.30. The van der Waals surface area contributed by atoms with Crippen LogP contribution in [0.25, 0.3) is 11.0 Å². The molecule has 8 heteroatoms. The largest absolute Gasteiger partial charge is 0.416 e. The molecule has 0 aliphatic carbocycles. The summed E-state index contributed by atoms with van der Waals surface area (Å²) >= 11 is 8.01. The van der Waals surface area contributed by atoms with E-state index in [0.717, 1.165) is 40.7 Å². The molecule has 3 nitrogen and oxygen atoms in total. The van der Waals surface area contributed by atoms with Crippen molar-refractivity contribution in [1.82, 2.24) is 14.9 Å². The van der Waals surface area contributed by atoms with Crippen LogP contribution in [-0.4, -0.2) is 15.3 Å². The summed E-state index contributed by atoms with van der Waals surface area (Å²) in [7, 11) is 0. The molecule has 0 unspecified atom stereocenters. The quantitative estimate of drug-likeness (QED) is 0.239. The Bertz CT molecular complexity index is 1270. The minimum absolute atomic E-state index is 0.307. The summed E-state index contributed by atoms with van der Waals surface area (Å²) in [6, 6.07) is 19.4. The van der Waals surface area contributed by atoms with E-state index in [9.17, 15) is 13.2 Å². The fourth-order valence-electron chi connectivity index (χ4n) is 3.77. The topological polar surface area (TPSA) is 29.9 Å². The van der Waals surface area contributed by atoms with E-state index in [1.54, 1.807) is 6.07 Å². The summed E-state index contributed by atoms with van der Waals surface area (Å²) < 4.78 is 41.2. The third-order valence-electron chi connectivity index (χ3n) is 5.37. The van der Waals surface area contributed by atoms with Crippen molar-refractivity contribution in [2.75, 3.05) is 5.75 Å². The monoisotopic (exact) mass is 503 g/mol. The van der Waals surface area contributed by atoms with Crippen molar-refractivity contribution in [2.45, 2.75) is 44.1 Å². The number of hydrogen-bond acceptors (Lipinski definition) is 3. The Morgan fingerprint density at radius 3 is 2.53 bits per heavy atom. The number of alkyl halides is 3. The zero-order chi connectivity index (χ0) is 24.1. The highest BCUT2D eigenvalue weighted by Gasteiger charge is 2.30. The molecule has 0 spiro atoms. The second kappa shape index (κ2) is 10.8. The fourth-order valence-corrected chi connectivity index (χ4v) is 4.78.